The van der Waals surface area contributed by atoms with Gasteiger partial charge in [-0.05, 0) is 57.2 Å². The molecule has 0 fully saturated rings. The van der Waals surface area contributed by atoms with Crippen LogP contribution in [0.2, 0.25) is 0 Å². The Labute approximate surface area is 125 Å². The zero-order chi connectivity index (χ0) is 15.5. The van der Waals surface area contributed by atoms with Crippen molar-refractivity contribution in [2.24, 2.45) is 0 Å². The molecule has 0 saturated carbocycles. The third kappa shape index (κ3) is 4.23. The van der Waals surface area contributed by atoms with E-state index >= 15 is 0 Å². The standard InChI is InChI=1S/C16H19NO3S/c1-12(2)20-15-8-6-14(7-9-15)17-21(18,19)16-10-4-13(3)5-11-16/h4-12,17H,1-3H3. The van der Waals surface area contributed by atoms with Gasteiger partial charge in [-0.1, -0.05) is 17.7 Å². The second-order valence-electron chi connectivity index (χ2n) is 5.11. The Balaban J connectivity index is 2.15. The molecule has 0 atom stereocenters. The lowest BCUT2D eigenvalue weighted by molar-refractivity contribution is 0.242. The monoisotopic (exact) mass is 305 g/mol. The third-order valence-corrected chi connectivity index (χ3v) is 4.21. The third-order valence-electron chi connectivity index (χ3n) is 2.81. The van der Waals surface area contributed by atoms with Crippen molar-refractivity contribution in [1.82, 2.24) is 0 Å². The van der Waals surface area contributed by atoms with Crippen molar-refractivity contribution >= 4 is 15.7 Å². The van der Waals surface area contributed by atoms with Crippen LogP contribution in [0.4, 0.5) is 5.69 Å². The summed E-state index contributed by atoms with van der Waals surface area (Å²) >= 11 is 0. The average molecular weight is 305 g/mol. The number of sulfonamides is 1. The summed E-state index contributed by atoms with van der Waals surface area (Å²) in [6, 6.07) is 13.6. The predicted octanol–water partition coefficient (Wildman–Crippen LogP) is 3.58. The van der Waals surface area contributed by atoms with E-state index in [1.165, 1.54) is 0 Å². The van der Waals surface area contributed by atoms with E-state index in [1.807, 2.05) is 20.8 Å². The highest BCUT2D eigenvalue weighted by Crippen LogP contribution is 2.20. The number of hydrogen-bond acceptors (Lipinski definition) is 3. The first-order chi connectivity index (χ1) is 9.87. The predicted molar refractivity (Wildman–Crippen MR) is 84.2 cm³/mol. The number of aryl methyl sites for hydroxylation is 1. The molecule has 0 aliphatic rings. The van der Waals surface area contributed by atoms with Gasteiger partial charge in [0.05, 0.1) is 11.0 Å². The zero-order valence-electron chi connectivity index (χ0n) is 12.3. The van der Waals surface area contributed by atoms with E-state index < -0.39 is 10.0 Å². The average Bonchev–Trinajstić information content (AvgIpc) is 2.40. The highest BCUT2D eigenvalue weighted by molar-refractivity contribution is 7.92. The van der Waals surface area contributed by atoms with Crippen molar-refractivity contribution in [2.75, 3.05) is 4.72 Å². The Morgan fingerprint density at radius 1 is 0.952 bits per heavy atom. The van der Waals surface area contributed by atoms with Gasteiger partial charge in [-0.2, -0.15) is 0 Å². The largest absolute Gasteiger partial charge is 0.491 e. The minimum absolute atomic E-state index is 0.0834. The van der Waals surface area contributed by atoms with Crippen LogP contribution in [0.3, 0.4) is 0 Å². The van der Waals surface area contributed by atoms with Gasteiger partial charge in [0.15, 0.2) is 0 Å². The molecule has 0 radical (unpaired) electrons. The maximum atomic E-state index is 12.2. The Bertz CT molecular complexity index is 689. The van der Waals surface area contributed by atoms with Gasteiger partial charge < -0.3 is 4.74 Å². The van der Waals surface area contributed by atoms with Gasteiger partial charge in [0, 0.05) is 5.69 Å². The van der Waals surface area contributed by atoms with Crippen molar-refractivity contribution in [3.8, 4) is 5.75 Å². The number of nitrogens with one attached hydrogen (secondary N) is 1. The quantitative estimate of drug-likeness (QED) is 0.918. The maximum Gasteiger partial charge on any atom is 0.261 e. The minimum atomic E-state index is -3.56. The number of anilines is 1. The molecule has 2 aromatic carbocycles. The summed E-state index contributed by atoms with van der Waals surface area (Å²) < 4.78 is 32.5. The lowest BCUT2D eigenvalue weighted by Gasteiger charge is -2.11. The van der Waals surface area contributed by atoms with Gasteiger partial charge in [-0.15, -0.1) is 0 Å². The molecule has 4 nitrogen and oxygen atoms in total. The molecular weight excluding hydrogens is 286 g/mol. The Kier molecular flexibility index (Phi) is 4.53. The summed E-state index contributed by atoms with van der Waals surface area (Å²) in [6.45, 7) is 5.79. The van der Waals surface area contributed by atoms with Crippen molar-refractivity contribution in [1.29, 1.82) is 0 Å². The molecule has 1 N–H and O–H groups in total. The highest BCUT2D eigenvalue weighted by atomic mass is 32.2. The molecule has 0 aliphatic heterocycles. The summed E-state index contributed by atoms with van der Waals surface area (Å²) in [5.41, 5.74) is 1.52. The second kappa shape index (κ2) is 6.18. The highest BCUT2D eigenvalue weighted by Gasteiger charge is 2.13. The molecule has 0 saturated heterocycles. The molecule has 0 aliphatic carbocycles. The van der Waals surface area contributed by atoms with Crippen molar-refractivity contribution < 1.29 is 13.2 Å². The van der Waals surface area contributed by atoms with E-state index in [1.54, 1.807) is 48.5 Å². The van der Waals surface area contributed by atoms with Gasteiger partial charge in [0.25, 0.3) is 10.0 Å². The first-order valence-electron chi connectivity index (χ1n) is 6.73. The number of rotatable bonds is 5. The van der Waals surface area contributed by atoms with E-state index in [9.17, 15) is 8.42 Å². The SMILES string of the molecule is Cc1ccc(S(=O)(=O)Nc2ccc(OC(C)C)cc2)cc1. The molecule has 2 rings (SSSR count). The minimum Gasteiger partial charge on any atom is -0.491 e. The molecule has 0 bridgehead atoms. The molecule has 0 aromatic heterocycles. The van der Waals surface area contributed by atoms with Gasteiger partial charge in [-0.3, -0.25) is 4.72 Å². The van der Waals surface area contributed by atoms with Crippen LogP contribution in [0, 0.1) is 6.92 Å². The van der Waals surface area contributed by atoms with Gasteiger partial charge in [0.2, 0.25) is 0 Å². The van der Waals surface area contributed by atoms with Gasteiger partial charge >= 0.3 is 0 Å². The molecule has 112 valence electrons. The van der Waals surface area contributed by atoms with E-state index in [0.29, 0.717) is 11.4 Å². The van der Waals surface area contributed by atoms with E-state index in [0.717, 1.165) is 5.56 Å². The van der Waals surface area contributed by atoms with Crippen LogP contribution in [0.15, 0.2) is 53.4 Å². The van der Waals surface area contributed by atoms with Crippen LogP contribution in [-0.4, -0.2) is 14.5 Å². The maximum absolute atomic E-state index is 12.2. The van der Waals surface area contributed by atoms with Crippen LogP contribution >= 0.6 is 0 Å². The Morgan fingerprint density at radius 3 is 2.05 bits per heavy atom. The Hall–Kier alpha value is -2.01. The first-order valence-corrected chi connectivity index (χ1v) is 8.21. The molecule has 2 aromatic rings. The van der Waals surface area contributed by atoms with Crippen LogP contribution in [-0.2, 0) is 10.0 Å². The van der Waals surface area contributed by atoms with Crippen LogP contribution in [0.1, 0.15) is 19.4 Å². The van der Waals surface area contributed by atoms with Crippen LogP contribution < -0.4 is 9.46 Å². The molecule has 0 heterocycles. The summed E-state index contributed by atoms with van der Waals surface area (Å²) in [4.78, 5) is 0.246. The fraction of sp³-hybridized carbons (Fsp3) is 0.250. The van der Waals surface area contributed by atoms with Crippen molar-refractivity contribution in [2.45, 2.75) is 31.8 Å². The van der Waals surface area contributed by atoms with Crippen molar-refractivity contribution in [3.63, 3.8) is 0 Å². The van der Waals surface area contributed by atoms with E-state index in [-0.39, 0.29) is 11.0 Å². The lowest BCUT2D eigenvalue weighted by Crippen LogP contribution is -2.13. The van der Waals surface area contributed by atoms with E-state index in [4.69, 9.17) is 4.74 Å². The van der Waals surface area contributed by atoms with Gasteiger partial charge in [0.1, 0.15) is 5.75 Å². The second-order valence-corrected chi connectivity index (χ2v) is 6.79. The fourth-order valence-electron chi connectivity index (χ4n) is 1.81. The lowest BCUT2D eigenvalue weighted by atomic mass is 10.2. The summed E-state index contributed by atoms with van der Waals surface area (Å²) in [6.07, 6.45) is 0.0834. The molecule has 0 amide bonds. The topological polar surface area (TPSA) is 55.4 Å². The molecule has 0 unspecified atom stereocenters. The Morgan fingerprint density at radius 2 is 1.52 bits per heavy atom. The van der Waals surface area contributed by atoms with E-state index in [2.05, 4.69) is 4.72 Å². The van der Waals surface area contributed by atoms with Gasteiger partial charge in [-0.25, -0.2) is 8.42 Å². The van der Waals surface area contributed by atoms with Crippen LogP contribution in [0.5, 0.6) is 5.75 Å². The normalized spacial score (nSPS) is 11.4. The number of ether oxygens (including phenoxy) is 1. The van der Waals surface area contributed by atoms with Crippen LogP contribution in [0.25, 0.3) is 0 Å². The molecule has 5 heteroatoms. The fourth-order valence-corrected chi connectivity index (χ4v) is 2.86. The molecular formula is C16H19NO3S. The molecule has 21 heavy (non-hydrogen) atoms. The summed E-state index contributed by atoms with van der Waals surface area (Å²) in [5.74, 6) is 0.711. The zero-order valence-corrected chi connectivity index (χ0v) is 13.1. The summed E-state index contributed by atoms with van der Waals surface area (Å²) in [7, 11) is -3.56. The molecule has 0 spiro atoms. The first kappa shape index (κ1) is 15.4. The number of hydrogen-bond donors (Lipinski definition) is 1. The smallest absolute Gasteiger partial charge is 0.261 e. The number of benzene rings is 2. The van der Waals surface area contributed by atoms with Crippen molar-refractivity contribution in [3.05, 3.63) is 54.1 Å². The summed E-state index contributed by atoms with van der Waals surface area (Å²) in [5, 5.41) is 0.